The second-order valence-corrected chi connectivity index (χ2v) is 6.27. The van der Waals surface area contributed by atoms with E-state index < -0.39 is 12.0 Å². The number of rotatable bonds is 6. The summed E-state index contributed by atoms with van der Waals surface area (Å²) < 4.78 is 5.15. The lowest BCUT2D eigenvalue weighted by Crippen LogP contribution is -2.46. The van der Waals surface area contributed by atoms with Gasteiger partial charge in [0.25, 0.3) is 0 Å². The van der Waals surface area contributed by atoms with Crippen LogP contribution in [0.1, 0.15) is 19.1 Å². The molecule has 0 aliphatic carbocycles. The van der Waals surface area contributed by atoms with Crippen LogP contribution in [0.4, 0.5) is 5.69 Å². The van der Waals surface area contributed by atoms with Crippen LogP contribution >= 0.6 is 0 Å². The monoisotopic (exact) mass is 355 g/mol. The smallest absolute Gasteiger partial charge is 0.242 e. The highest BCUT2D eigenvalue weighted by atomic mass is 16.3. The van der Waals surface area contributed by atoms with Crippen molar-refractivity contribution >= 4 is 23.4 Å². The molecule has 3 amide bonds. The molecule has 26 heavy (non-hydrogen) atoms. The maximum absolute atomic E-state index is 12.4. The van der Waals surface area contributed by atoms with E-state index in [0.717, 1.165) is 5.69 Å². The maximum Gasteiger partial charge on any atom is 0.242 e. The minimum atomic E-state index is -0.696. The molecule has 1 aliphatic rings. The zero-order chi connectivity index (χ0) is 18.5. The van der Waals surface area contributed by atoms with E-state index in [1.54, 1.807) is 24.0 Å². The number of hydrogen-bond donors (Lipinski definition) is 2. The molecule has 0 saturated carbocycles. The van der Waals surface area contributed by atoms with Crippen molar-refractivity contribution in [2.45, 2.75) is 25.9 Å². The lowest BCUT2D eigenvalue weighted by atomic mass is 10.1. The van der Waals surface area contributed by atoms with Gasteiger partial charge in [-0.3, -0.25) is 14.4 Å². The number of nitrogens with one attached hydrogen (secondary N) is 2. The highest BCUT2D eigenvalue weighted by molar-refractivity contribution is 6.01. The van der Waals surface area contributed by atoms with E-state index in [-0.39, 0.29) is 30.7 Å². The maximum atomic E-state index is 12.4. The molecule has 2 heterocycles. The molecule has 7 nitrogen and oxygen atoms in total. The summed E-state index contributed by atoms with van der Waals surface area (Å²) in [5, 5.41) is 5.38. The second kappa shape index (κ2) is 7.86. The van der Waals surface area contributed by atoms with Crippen LogP contribution in [0, 0.1) is 5.92 Å². The van der Waals surface area contributed by atoms with Crippen molar-refractivity contribution in [3.63, 3.8) is 0 Å². The molecular formula is C19H21N3O4. The molecule has 2 atom stereocenters. The minimum absolute atomic E-state index is 0.0914. The molecule has 0 spiro atoms. The van der Waals surface area contributed by atoms with Crippen molar-refractivity contribution in [3.8, 4) is 0 Å². The molecule has 1 saturated heterocycles. The van der Waals surface area contributed by atoms with Crippen LogP contribution in [-0.4, -0.2) is 30.3 Å². The summed E-state index contributed by atoms with van der Waals surface area (Å²) in [5.74, 6) is -0.525. The van der Waals surface area contributed by atoms with Crippen molar-refractivity contribution in [3.05, 3.63) is 54.5 Å². The van der Waals surface area contributed by atoms with Crippen molar-refractivity contribution in [1.82, 2.24) is 10.6 Å². The van der Waals surface area contributed by atoms with E-state index >= 15 is 0 Å². The molecule has 0 unspecified atom stereocenters. The Morgan fingerprint density at radius 3 is 2.69 bits per heavy atom. The van der Waals surface area contributed by atoms with Crippen LogP contribution < -0.4 is 15.5 Å². The molecular weight excluding hydrogens is 334 g/mol. The average Bonchev–Trinajstić information content (AvgIpc) is 3.30. The van der Waals surface area contributed by atoms with Crippen LogP contribution in [0.5, 0.6) is 0 Å². The summed E-state index contributed by atoms with van der Waals surface area (Å²) in [4.78, 5) is 38.3. The fraction of sp³-hybridized carbons (Fsp3) is 0.316. The van der Waals surface area contributed by atoms with E-state index in [2.05, 4.69) is 10.6 Å². The average molecular weight is 355 g/mol. The van der Waals surface area contributed by atoms with E-state index in [1.165, 1.54) is 6.26 Å². The van der Waals surface area contributed by atoms with Crippen molar-refractivity contribution in [1.29, 1.82) is 0 Å². The first-order valence-corrected chi connectivity index (χ1v) is 8.50. The Labute approximate surface area is 151 Å². The van der Waals surface area contributed by atoms with Crippen molar-refractivity contribution in [2.75, 3.05) is 11.4 Å². The quantitative estimate of drug-likeness (QED) is 0.820. The van der Waals surface area contributed by atoms with E-state index in [4.69, 9.17) is 4.42 Å². The van der Waals surface area contributed by atoms with Gasteiger partial charge in [-0.2, -0.15) is 0 Å². The lowest BCUT2D eigenvalue weighted by Gasteiger charge is -2.18. The third-order valence-electron chi connectivity index (χ3n) is 4.33. The fourth-order valence-electron chi connectivity index (χ4n) is 2.88. The highest BCUT2D eigenvalue weighted by Gasteiger charge is 2.35. The van der Waals surface area contributed by atoms with Crippen LogP contribution in [0.25, 0.3) is 0 Å². The Morgan fingerprint density at radius 2 is 2.00 bits per heavy atom. The normalized spacial score (nSPS) is 17.8. The number of hydrogen-bond acceptors (Lipinski definition) is 4. The number of nitrogens with zero attached hydrogens (tertiary/aromatic N) is 1. The number of carbonyl (C=O) groups excluding carboxylic acids is 3. The Bertz CT molecular complexity index is 773. The largest absolute Gasteiger partial charge is 0.467 e. The molecule has 1 aromatic carbocycles. The molecule has 7 heteroatoms. The van der Waals surface area contributed by atoms with Gasteiger partial charge in [-0.25, -0.2) is 0 Å². The number of amides is 3. The van der Waals surface area contributed by atoms with Gasteiger partial charge in [0.2, 0.25) is 17.7 Å². The Hall–Kier alpha value is -3.09. The van der Waals surface area contributed by atoms with Gasteiger partial charge in [0.05, 0.1) is 18.7 Å². The van der Waals surface area contributed by atoms with E-state index in [9.17, 15) is 14.4 Å². The molecule has 3 rings (SSSR count). The molecule has 2 N–H and O–H groups in total. The van der Waals surface area contributed by atoms with Gasteiger partial charge in [0, 0.05) is 18.7 Å². The van der Waals surface area contributed by atoms with Crippen LogP contribution in [-0.2, 0) is 20.9 Å². The summed E-state index contributed by atoms with van der Waals surface area (Å²) in [6.45, 7) is 2.19. The highest BCUT2D eigenvalue weighted by Crippen LogP contribution is 2.24. The molecule has 2 aromatic rings. The topological polar surface area (TPSA) is 91.7 Å². The number of para-hydroxylation sites is 1. The van der Waals surface area contributed by atoms with Crippen molar-refractivity contribution in [2.24, 2.45) is 5.92 Å². The van der Waals surface area contributed by atoms with Gasteiger partial charge < -0.3 is 20.0 Å². The third-order valence-corrected chi connectivity index (χ3v) is 4.33. The van der Waals surface area contributed by atoms with E-state index in [1.807, 2.05) is 30.3 Å². The minimum Gasteiger partial charge on any atom is -0.467 e. The van der Waals surface area contributed by atoms with Gasteiger partial charge in [-0.15, -0.1) is 0 Å². The molecule has 136 valence electrons. The zero-order valence-electron chi connectivity index (χ0n) is 14.5. The van der Waals surface area contributed by atoms with Gasteiger partial charge in [0.1, 0.15) is 11.8 Å². The summed E-state index contributed by atoms with van der Waals surface area (Å²) in [5.41, 5.74) is 0.775. The van der Waals surface area contributed by atoms with Crippen LogP contribution in [0.3, 0.4) is 0 Å². The van der Waals surface area contributed by atoms with E-state index in [0.29, 0.717) is 12.3 Å². The number of anilines is 1. The first-order chi connectivity index (χ1) is 12.5. The Balaban J connectivity index is 1.51. The molecule has 0 radical (unpaired) electrons. The molecule has 1 aliphatic heterocycles. The van der Waals surface area contributed by atoms with Gasteiger partial charge in [-0.05, 0) is 31.2 Å². The summed E-state index contributed by atoms with van der Waals surface area (Å²) in [6, 6.07) is 12.0. The Kier molecular flexibility index (Phi) is 5.36. The first kappa shape index (κ1) is 17.7. The van der Waals surface area contributed by atoms with Gasteiger partial charge in [0.15, 0.2) is 0 Å². The number of carbonyl (C=O) groups is 3. The van der Waals surface area contributed by atoms with Crippen LogP contribution in [0.2, 0.25) is 0 Å². The lowest BCUT2D eigenvalue weighted by molar-refractivity contribution is -0.131. The molecule has 1 fully saturated rings. The van der Waals surface area contributed by atoms with Gasteiger partial charge >= 0.3 is 0 Å². The number of benzene rings is 1. The predicted molar refractivity (Wildman–Crippen MR) is 95.1 cm³/mol. The standard InChI is InChI=1S/C19H21N3O4/c1-13(18(24)20-11-16-8-5-9-26-16)21-19(25)14-10-17(23)22(12-14)15-6-3-2-4-7-15/h2-9,13-14H,10-12H2,1H3,(H,20,24)(H,21,25)/t13-,14+/m0/s1. The summed E-state index contributed by atoms with van der Waals surface area (Å²) >= 11 is 0. The second-order valence-electron chi connectivity index (χ2n) is 6.27. The summed E-state index contributed by atoms with van der Waals surface area (Å²) in [6.07, 6.45) is 1.67. The fourth-order valence-corrected chi connectivity index (χ4v) is 2.88. The summed E-state index contributed by atoms with van der Waals surface area (Å²) in [7, 11) is 0. The third kappa shape index (κ3) is 4.11. The molecule has 1 aromatic heterocycles. The zero-order valence-corrected chi connectivity index (χ0v) is 14.5. The SMILES string of the molecule is C[C@H](NC(=O)[C@@H]1CC(=O)N(c2ccccc2)C1)C(=O)NCc1ccco1. The van der Waals surface area contributed by atoms with Crippen molar-refractivity contribution < 1.29 is 18.8 Å². The predicted octanol–water partition coefficient (Wildman–Crippen LogP) is 1.45. The van der Waals surface area contributed by atoms with Gasteiger partial charge in [-0.1, -0.05) is 18.2 Å². The Morgan fingerprint density at radius 1 is 1.23 bits per heavy atom. The molecule has 0 bridgehead atoms. The van der Waals surface area contributed by atoms with Crippen LogP contribution in [0.15, 0.2) is 53.1 Å². The first-order valence-electron chi connectivity index (χ1n) is 8.50. The number of furan rings is 1.